The summed E-state index contributed by atoms with van der Waals surface area (Å²) in [6, 6.07) is 10.5. The molecule has 1 aromatic carbocycles. The van der Waals surface area contributed by atoms with Crippen LogP contribution in [0.1, 0.15) is 31.2 Å². The second kappa shape index (κ2) is 2.16. The number of nitrogens with two attached hydrogens (primary N) is 1. The molecule has 68 valence electrons. The fraction of sp³-hybridized carbons (Fsp3) is 0.500. The summed E-state index contributed by atoms with van der Waals surface area (Å²) >= 11 is 0. The molecule has 1 aromatic rings. The van der Waals surface area contributed by atoms with E-state index in [1.165, 1.54) is 31.2 Å². The molecular weight excluding hydrogens is 158 g/mol. The molecule has 0 atom stereocenters. The molecule has 2 aliphatic carbocycles. The van der Waals surface area contributed by atoms with E-state index in [9.17, 15) is 0 Å². The molecule has 3 rings (SSSR count). The lowest BCUT2D eigenvalue weighted by molar-refractivity contribution is 0.125. The van der Waals surface area contributed by atoms with Crippen molar-refractivity contribution < 1.29 is 0 Å². The van der Waals surface area contributed by atoms with Gasteiger partial charge in [0, 0.05) is 5.54 Å². The highest BCUT2D eigenvalue weighted by molar-refractivity contribution is 5.30. The third kappa shape index (κ3) is 1.03. The predicted molar refractivity (Wildman–Crippen MR) is 53.2 cm³/mol. The first kappa shape index (κ1) is 7.57. The Hall–Kier alpha value is -0.820. The Morgan fingerprint density at radius 3 is 2.15 bits per heavy atom. The fourth-order valence-electron chi connectivity index (χ4n) is 2.79. The topological polar surface area (TPSA) is 26.0 Å². The molecule has 0 bridgehead atoms. The SMILES string of the molecule is NC1(c2ccccc2)CC2(CC2)C1. The maximum absolute atomic E-state index is 6.34. The smallest absolute Gasteiger partial charge is 0.0420 e. The molecule has 2 saturated carbocycles. The number of rotatable bonds is 1. The molecule has 13 heavy (non-hydrogen) atoms. The summed E-state index contributed by atoms with van der Waals surface area (Å²) < 4.78 is 0. The molecule has 1 nitrogen and oxygen atoms in total. The summed E-state index contributed by atoms with van der Waals surface area (Å²) in [5.41, 5.74) is 8.36. The van der Waals surface area contributed by atoms with Crippen LogP contribution in [0.5, 0.6) is 0 Å². The predicted octanol–water partition coefficient (Wildman–Crippen LogP) is 2.41. The summed E-state index contributed by atoms with van der Waals surface area (Å²) in [6.07, 6.45) is 5.26. The Morgan fingerprint density at radius 1 is 1.00 bits per heavy atom. The molecule has 0 aliphatic heterocycles. The van der Waals surface area contributed by atoms with E-state index in [-0.39, 0.29) is 5.54 Å². The van der Waals surface area contributed by atoms with Gasteiger partial charge in [-0.25, -0.2) is 0 Å². The minimum Gasteiger partial charge on any atom is -0.321 e. The van der Waals surface area contributed by atoms with Gasteiger partial charge < -0.3 is 5.73 Å². The lowest BCUT2D eigenvalue weighted by Crippen LogP contribution is -2.50. The zero-order chi connectivity index (χ0) is 8.94. The van der Waals surface area contributed by atoms with Crippen molar-refractivity contribution in [1.82, 2.24) is 0 Å². The largest absolute Gasteiger partial charge is 0.321 e. The fourth-order valence-corrected chi connectivity index (χ4v) is 2.79. The maximum atomic E-state index is 6.34. The maximum Gasteiger partial charge on any atom is 0.0420 e. The Morgan fingerprint density at radius 2 is 1.62 bits per heavy atom. The van der Waals surface area contributed by atoms with Gasteiger partial charge in [-0.05, 0) is 36.7 Å². The van der Waals surface area contributed by atoms with Gasteiger partial charge in [0.1, 0.15) is 0 Å². The lowest BCUT2D eigenvalue weighted by atomic mass is 9.63. The first-order valence-electron chi connectivity index (χ1n) is 5.07. The van der Waals surface area contributed by atoms with Gasteiger partial charge in [-0.1, -0.05) is 30.3 Å². The van der Waals surface area contributed by atoms with Crippen LogP contribution in [-0.4, -0.2) is 0 Å². The van der Waals surface area contributed by atoms with Gasteiger partial charge in [0.15, 0.2) is 0 Å². The van der Waals surface area contributed by atoms with Crippen LogP contribution in [0.2, 0.25) is 0 Å². The van der Waals surface area contributed by atoms with Crippen LogP contribution in [0, 0.1) is 5.41 Å². The molecule has 0 saturated heterocycles. The Kier molecular flexibility index (Phi) is 1.26. The molecule has 2 fully saturated rings. The second-order valence-electron chi connectivity index (χ2n) is 4.88. The van der Waals surface area contributed by atoms with Crippen LogP contribution >= 0.6 is 0 Å². The molecule has 1 spiro atoms. The highest BCUT2D eigenvalue weighted by Crippen LogP contribution is 2.66. The van der Waals surface area contributed by atoms with Crippen molar-refractivity contribution in [1.29, 1.82) is 0 Å². The summed E-state index contributed by atoms with van der Waals surface area (Å²) in [7, 11) is 0. The molecule has 0 radical (unpaired) electrons. The quantitative estimate of drug-likeness (QED) is 0.693. The van der Waals surface area contributed by atoms with Crippen molar-refractivity contribution in [2.45, 2.75) is 31.2 Å². The van der Waals surface area contributed by atoms with Gasteiger partial charge >= 0.3 is 0 Å². The van der Waals surface area contributed by atoms with Crippen molar-refractivity contribution in [3.63, 3.8) is 0 Å². The number of hydrogen-bond acceptors (Lipinski definition) is 1. The minimum atomic E-state index is 0.0117. The van der Waals surface area contributed by atoms with E-state index in [1.807, 2.05) is 0 Å². The van der Waals surface area contributed by atoms with Gasteiger partial charge in [0.05, 0.1) is 0 Å². The third-order valence-corrected chi connectivity index (χ3v) is 3.69. The Labute approximate surface area is 78.9 Å². The van der Waals surface area contributed by atoms with Crippen molar-refractivity contribution in [2.24, 2.45) is 11.1 Å². The summed E-state index contributed by atoms with van der Waals surface area (Å²) in [5, 5.41) is 0. The van der Waals surface area contributed by atoms with E-state index in [0.29, 0.717) is 5.41 Å². The lowest BCUT2D eigenvalue weighted by Gasteiger charge is -2.46. The van der Waals surface area contributed by atoms with Gasteiger partial charge in [-0.2, -0.15) is 0 Å². The third-order valence-electron chi connectivity index (χ3n) is 3.69. The average Bonchev–Trinajstić information content (AvgIpc) is 2.85. The van der Waals surface area contributed by atoms with Crippen LogP contribution < -0.4 is 5.73 Å². The van der Waals surface area contributed by atoms with Gasteiger partial charge in [0.2, 0.25) is 0 Å². The monoisotopic (exact) mass is 173 g/mol. The summed E-state index contributed by atoms with van der Waals surface area (Å²) in [5.74, 6) is 0. The van der Waals surface area contributed by atoms with E-state index < -0.39 is 0 Å². The van der Waals surface area contributed by atoms with Crippen molar-refractivity contribution in [2.75, 3.05) is 0 Å². The second-order valence-corrected chi connectivity index (χ2v) is 4.88. The van der Waals surface area contributed by atoms with Crippen molar-refractivity contribution >= 4 is 0 Å². The van der Waals surface area contributed by atoms with Crippen molar-refractivity contribution in [3.05, 3.63) is 35.9 Å². The van der Waals surface area contributed by atoms with Gasteiger partial charge in [0.25, 0.3) is 0 Å². The van der Waals surface area contributed by atoms with E-state index >= 15 is 0 Å². The molecule has 2 N–H and O–H groups in total. The normalized spacial score (nSPS) is 26.8. The van der Waals surface area contributed by atoms with Crippen LogP contribution in [-0.2, 0) is 5.54 Å². The molecule has 0 amide bonds. The van der Waals surface area contributed by atoms with Crippen LogP contribution in [0.15, 0.2) is 30.3 Å². The van der Waals surface area contributed by atoms with E-state index in [2.05, 4.69) is 30.3 Å². The van der Waals surface area contributed by atoms with E-state index in [0.717, 1.165) is 0 Å². The highest BCUT2D eigenvalue weighted by Gasteiger charge is 2.59. The van der Waals surface area contributed by atoms with Gasteiger partial charge in [-0.15, -0.1) is 0 Å². The molecular formula is C12H15N. The average molecular weight is 173 g/mol. The molecule has 0 heterocycles. The van der Waals surface area contributed by atoms with Crippen LogP contribution in [0.25, 0.3) is 0 Å². The van der Waals surface area contributed by atoms with Crippen LogP contribution in [0.3, 0.4) is 0 Å². The van der Waals surface area contributed by atoms with E-state index in [1.54, 1.807) is 0 Å². The van der Waals surface area contributed by atoms with E-state index in [4.69, 9.17) is 5.73 Å². The molecule has 1 heteroatoms. The standard InChI is InChI=1S/C12H15N/c13-12(8-11(9-12)6-7-11)10-4-2-1-3-5-10/h1-5H,6-9,13H2. The zero-order valence-electron chi connectivity index (χ0n) is 7.79. The van der Waals surface area contributed by atoms with Gasteiger partial charge in [-0.3, -0.25) is 0 Å². The molecule has 2 aliphatic rings. The number of benzene rings is 1. The summed E-state index contributed by atoms with van der Waals surface area (Å²) in [6.45, 7) is 0. The number of hydrogen-bond donors (Lipinski definition) is 1. The first-order chi connectivity index (χ1) is 6.23. The zero-order valence-corrected chi connectivity index (χ0v) is 7.79. The van der Waals surface area contributed by atoms with Crippen molar-refractivity contribution in [3.8, 4) is 0 Å². The summed E-state index contributed by atoms with van der Waals surface area (Å²) in [4.78, 5) is 0. The minimum absolute atomic E-state index is 0.0117. The molecule has 0 aromatic heterocycles. The Balaban J connectivity index is 1.86. The van der Waals surface area contributed by atoms with Crippen LogP contribution in [0.4, 0.5) is 0 Å². The molecule has 0 unspecified atom stereocenters. The Bertz CT molecular complexity index is 316. The highest BCUT2D eigenvalue weighted by atomic mass is 14.8. The first-order valence-corrected chi connectivity index (χ1v) is 5.07.